The van der Waals surface area contributed by atoms with Crippen LogP contribution < -0.4 is 5.56 Å². The van der Waals surface area contributed by atoms with Crippen LogP contribution in [0.2, 0.25) is 0 Å². The Kier molecular flexibility index (Phi) is 3.15. The first-order chi connectivity index (χ1) is 8.74. The predicted octanol–water partition coefficient (Wildman–Crippen LogP) is 1.21. The van der Waals surface area contributed by atoms with Crippen LogP contribution in [-0.4, -0.2) is 40.7 Å². The zero-order valence-electron chi connectivity index (χ0n) is 10.2. The molecule has 0 radical (unpaired) electrons. The lowest BCUT2D eigenvalue weighted by molar-refractivity contribution is -0.00547. The Balaban J connectivity index is 1.87. The van der Waals surface area contributed by atoms with E-state index in [4.69, 9.17) is 4.74 Å². The molecule has 3 rings (SSSR count). The summed E-state index contributed by atoms with van der Waals surface area (Å²) in [5.74, 6) is 0.736. The molecule has 0 amide bonds. The average molecular weight is 265 g/mol. The van der Waals surface area contributed by atoms with E-state index in [2.05, 4.69) is 21.8 Å². The molecule has 1 saturated heterocycles. The minimum absolute atomic E-state index is 0.0362. The van der Waals surface area contributed by atoms with Crippen molar-refractivity contribution < 1.29 is 4.74 Å². The Labute approximate surface area is 108 Å². The largest absolute Gasteiger partial charge is 0.379 e. The van der Waals surface area contributed by atoms with Crippen LogP contribution in [0.5, 0.6) is 0 Å². The molecule has 0 bridgehead atoms. The number of rotatable bonds is 2. The summed E-state index contributed by atoms with van der Waals surface area (Å²) in [5, 5.41) is 1.90. The van der Waals surface area contributed by atoms with E-state index in [-0.39, 0.29) is 5.56 Å². The topological polar surface area (TPSA) is 58.2 Å². The Morgan fingerprint density at radius 1 is 1.67 bits per heavy atom. The van der Waals surface area contributed by atoms with Gasteiger partial charge in [-0.05, 0) is 18.4 Å². The average Bonchev–Trinajstić information content (AvgIpc) is 2.81. The van der Waals surface area contributed by atoms with Gasteiger partial charge in [0, 0.05) is 12.6 Å². The van der Waals surface area contributed by atoms with E-state index in [1.807, 2.05) is 11.4 Å². The highest BCUT2D eigenvalue weighted by atomic mass is 32.1. The molecule has 1 atom stereocenters. The number of fused-ring (bicyclic) bond motifs is 1. The Morgan fingerprint density at radius 3 is 3.39 bits per heavy atom. The second-order valence-corrected chi connectivity index (χ2v) is 5.46. The zero-order valence-corrected chi connectivity index (χ0v) is 11.0. The molecule has 0 aliphatic carbocycles. The molecule has 0 unspecified atom stereocenters. The smallest absolute Gasteiger partial charge is 0.268 e. The van der Waals surface area contributed by atoms with Gasteiger partial charge in [0.05, 0.1) is 25.3 Å². The number of ether oxygens (including phenoxy) is 1. The van der Waals surface area contributed by atoms with Crippen molar-refractivity contribution >= 4 is 21.6 Å². The first-order valence-electron chi connectivity index (χ1n) is 6.02. The van der Waals surface area contributed by atoms with E-state index in [1.54, 1.807) is 0 Å². The van der Waals surface area contributed by atoms with Crippen LogP contribution in [0, 0.1) is 0 Å². The normalized spacial score (nSPS) is 21.5. The SMILES string of the molecule is C[C@H]1COCCN1Cc1nc2ccsc2c(=O)[nH]1. The molecular weight excluding hydrogens is 250 g/mol. The van der Waals surface area contributed by atoms with E-state index in [9.17, 15) is 4.79 Å². The van der Waals surface area contributed by atoms with Gasteiger partial charge in [-0.2, -0.15) is 0 Å². The molecule has 5 nitrogen and oxygen atoms in total. The van der Waals surface area contributed by atoms with Gasteiger partial charge in [-0.15, -0.1) is 11.3 Å². The van der Waals surface area contributed by atoms with Crippen molar-refractivity contribution in [1.82, 2.24) is 14.9 Å². The van der Waals surface area contributed by atoms with Crippen LogP contribution >= 0.6 is 11.3 Å². The van der Waals surface area contributed by atoms with Gasteiger partial charge in [-0.1, -0.05) is 0 Å². The second kappa shape index (κ2) is 4.79. The molecule has 6 heteroatoms. The number of H-pyrrole nitrogens is 1. The molecule has 0 saturated carbocycles. The van der Waals surface area contributed by atoms with Gasteiger partial charge in [0.2, 0.25) is 0 Å². The van der Waals surface area contributed by atoms with Crippen molar-refractivity contribution in [2.24, 2.45) is 0 Å². The van der Waals surface area contributed by atoms with Crippen LogP contribution in [0.15, 0.2) is 16.2 Å². The van der Waals surface area contributed by atoms with Crippen LogP contribution in [0.4, 0.5) is 0 Å². The van der Waals surface area contributed by atoms with Crippen molar-refractivity contribution in [1.29, 1.82) is 0 Å². The fourth-order valence-corrected chi connectivity index (χ4v) is 2.91. The first-order valence-corrected chi connectivity index (χ1v) is 6.90. The fraction of sp³-hybridized carbons (Fsp3) is 0.500. The van der Waals surface area contributed by atoms with Crippen molar-refractivity contribution in [3.63, 3.8) is 0 Å². The maximum absolute atomic E-state index is 11.9. The summed E-state index contributed by atoms with van der Waals surface area (Å²) < 4.78 is 6.10. The standard InChI is InChI=1S/C12H15N3O2S/c1-8-7-17-4-3-15(8)6-10-13-9-2-5-18-11(9)12(16)14-10/h2,5,8H,3-4,6-7H2,1H3,(H,13,14,16)/t8-/m0/s1. The molecule has 1 aliphatic heterocycles. The number of aromatic nitrogens is 2. The van der Waals surface area contributed by atoms with Crippen LogP contribution in [0.3, 0.4) is 0 Å². The summed E-state index contributed by atoms with van der Waals surface area (Å²) in [5.41, 5.74) is 0.755. The molecule has 2 aromatic rings. The molecule has 0 spiro atoms. The molecular formula is C12H15N3O2S. The highest BCUT2D eigenvalue weighted by Crippen LogP contribution is 2.15. The van der Waals surface area contributed by atoms with Gasteiger partial charge in [-0.25, -0.2) is 4.98 Å². The number of nitrogens with zero attached hydrogens (tertiary/aromatic N) is 2. The number of thiophene rings is 1. The third-order valence-corrected chi connectivity index (χ3v) is 4.12. The summed E-state index contributed by atoms with van der Waals surface area (Å²) in [6.07, 6.45) is 0. The third kappa shape index (κ3) is 2.19. The maximum Gasteiger partial charge on any atom is 0.268 e. The van der Waals surface area contributed by atoms with E-state index < -0.39 is 0 Å². The summed E-state index contributed by atoms with van der Waals surface area (Å²) in [4.78, 5) is 21.5. The number of nitrogens with one attached hydrogen (secondary N) is 1. The molecule has 0 aromatic carbocycles. The molecule has 96 valence electrons. The molecule has 3 heterocycles. The van der Waals surface area contributed by atoms with Crippen LogP contribution in [-0.2, 0) is 11.3 Å². The first kappa shape index (κ1) is 11.8. The summed E-state index contributed by atoms with van der Waals surface area (Å²) in [6, 6.07) is 2.25. The number of hydrogen-bond acceptors (Lipinski definition) is 5. The highest BCUT2D eigenvalue weighted by Gasteiger charge is 2.19. The predicted molar refractivity (Wildman–Crippen MR) is 70.9 cm³/mol. The lowest BCUT2D eigenvalue weighted by atomic mass is 10.2. The quantitative estimate of drug-likeness (QED) is 0.886. The second-order valence-electron chi connectivity index (χ2n) is 4.54. The van der Waals surface area contributed by atoms with Crippen LogP contribution in [0.1, 0.15) is 12.7 Å². The van der Waals surface area contributed by atoms with Crippen molar-refractivity contribution in [2.75, 3.05) is 19.8 Å². The van der Waals surface area contributed by atoms with Gasteiger partial charge >= 0.3 is 0 Å². The van der Waals surface area contributed by atoms with E-state index in [0.29, 0.717) is 17.3 Å². The van der Waals surface area contributed by atoms with Crippen molar-refractivity contribution in [3.05, 3.63) is 27.6 Å². The Hall–Kier alpha value is -1.24. The fourth-order valence-electron chi connectivity index (χ4n) is 2.19. The number of aromatic amines is 1. The molecule has 18 heavy (non-hydrogen) atoms. The minimum Gasteiger partial charge on any atom is -0.379 e. The molecule has 1 aliphatic rings. The maximum atomic E-state index is 11.9. The van der Waals surface area contributed by atoms with Gasteiger partial charge in [0.25, 0.3) is 5.56 Å². The van der Waals surface area contributed by atoms with Gasteiger partial charge < -0.3 is 9.72 Å². The van der Waals surface area contributed by atoms with E-state index >= 15 is 0 Å². The van der Waals surface area contributed by atoms with Gasteiger partial charge in [-0.3, -0.25) is 9.69 Å². The minimum atomic E-state index is -0.0362. The van der Waals surface area contributed by atoms with Crippen molar-refractivity contribution in [2.45, 2.75) is 19.5 Å². The lowest BCUT2D eigenvalue weighted by Crippen LogP contribution is -2.43. The molecule has 2 aromatic heterocycles. The molecule has 1 fully saturated rings. The number of morpholine rings is 1. The van der Waals surface area contributed by atoms with Crippen molar-refractivity contribution in [3.8, 4) is 0 Å². The van der Waals surface area contributed by atoms with Gasteiger partial charge in [0.1, 0.15) is 10.5 Å². The van der Waals surface area contributed by atoms with Crippen LogP contribution in [0.25, 0.3) is 10.2 Å². The Morgan fingerprint density at radius 2 is 2.56 bits per heavy atom. The summed E-state index contributed by atoms with van der Waals surface area (Å²) in [7, 11) is 0. The van der Waals surface area contributed by atoms with E-state index in [0.717, 1.165) is 31.1 Å². The third-order valence-electron chi connectivity index (χ3n) is 3.22. The zero-order chi connectivity index (χ0) is 12.5. The highest BCUT2D eigenvalue weighted by molar-refractivity contribution is 7.17. The van der Waals surface area contributed by atoms with E-state index in [1.165, 1.54) is 11.3 Å². The monoisotopic (exact) mass is 265 g/mol. The van der Waals surface area contributed by atoms with Gasteiger partial charge in [0.15, 0.2) is 0 Å². The number of hydrogen-bond donors (Lipinski definition) is 1. The summed E-state index contributed by atoms with van der Waals surface area (Å²) >= 11 is 1.43. The lowest BCUT2D eigenvalue weighted by Gasteiger charge is -2.32. The summed E-state index contributed by atoms with van der Waals surface area (Å²) in [6.45, 7) is 5.17. The Bertz CT molecular complexity index is 607. The molecule has 1 N–H and O–H groups in total.